The number of rotatable bonds is 5. The lowest BCUT2D eigenvalue weighted by atomic mass is 10.1. The lowest BCUT2D eigenvalue weighted by molar-refractivity contribution is 0.209. The van der Waals surface area contributed by atoms with Crippen LogP contribution in [0, 0.1) is 5.92 Å². The molecule has 4 heteroatoms. The third-order valence-electron chi connectivity index (χ3n) is 4.07. The summed E-state index contributed by atoms with van der Waals surface area (Å²) in [5, 5.41) is 3.54. The molecule has 1 aliphatic heterocycles. The average Bonchev–Trinajstić information content (AvgIpc) is 3.26. The summed E-state index contributed by atoms with van der Waals surface area (Å²) in [4.78, 5) is 16.1. The van der Waals surface area contributed by atoms with Crippen molar-refractivity contribution in [2.45, 2.75) is 32.4 Å². The van der Waals surface area contributed by atoms with E-state index >= 15 is 0 Å². The van der Waals surface area contributed by atoms with Crippen molar-refractivity contribution in [3.8, 4) is 0 Å². The van der Waals surface area contributed by atoms with Crippen LogP contribution in [0.1, 0.15) is 25.3 Å². The number of para-hydroxylation sites is 1. The predicted molar refractivity (Wildman–Crippen MR) is 80.8 cm³/mol. The highest BCUT2D eigenvalue weighted by atomic mass is 16.2. The summed E-state index contributed by atoms with van der Waals surface area (Å²) < 4.78 is 0. The van der Waals surface area contributed by atoms with E-state index < -0.39 is 0 Å². The van der Waals surface area contributed by atoms with Crippen molar-refractivity contribution in [2.24, 2.45) is 5.92 Å². The fourth-order valence-corrected chi connectivity index (χ4v) is 2.75. The zero-order chi connectivity index (χ0) is 14.1. The van der Waals surface area contributed by atoms with E-state index in [2.05, 4.69) is 24.4 Å². The summed E-state index contributed by atoms with van der Waals surface area (Å²) in [5.41, 5.74) is 2.31. The van der Waals surface area contributed by atoms with Gasteiger partial charge in [-0.05, 0) is 36.9 Å². The Kier molecular flexibility index (Phi) is 3.66. The van der Waals surface area contributed by atoms with E-state index in [0.29, 0.717) is 12.5 Å². The Morgan fingerprint density at radius 3 is 2.85 bits per heavy atom. The highest BCUT2D eigenvalue weighted by molar-refractivity contribution is 5.94. The molecule has 1 heterocycles. The maximum Gasteiger partial charge on any atom is 0.324 e. The number of hydrogen-bond acceptors (Lipinski definition) is 2. The minimum absolute atomic E-state index is 0.113. The second kappa shape index (κ2) is 5.44. The van der Waals surface area contributed by atoms with E-state index in [1.54, 1.807) is 4.90 Å². The number of amides is 2. The van der Waals surface area contributed by atoms with Gasteiger partial charge in [-0.3, -0.25) is 4.90 Å². The Morgan fingerprint density at radius 1 is 1.35 bits per heavy atom. The van der Waals surface area contributed by atoms with Crippen LogP contribution in [-0.2, 0) is 6.54 Å². The van der Waals surface area contributed by atoms with Crippen LogP contribution in [0.15, 0.2) is 24.3 Å². The van der Waals surface area contributed by atoms with Crippen molar-refractivity contribution in [1.82, 2.24) is 10.2 Å². The van der Waals surface area contributed by atoms with Crippen LogP contribution >= 0.6 is 0 Å². The lowest BCUT2D eigenvalue weighted by Gasteiger charge is -2.36. The number of carbonyl (C=O) groups excluding carboxylic acids is 1. The van der Waals surface area contributed by atoms with E-state index in [0.717, 1.165) is 24.8 Å². The predicted octanol–water partition coefficient (Wildman–Crippen LogP) is 2.45. The van der Waals surface area contributed by atoms with Gasteiger partial charge in [0, 0.05) is 26.2 Å². The van der Waals surface area contributed by atoms with Crippen molar-refractivity contribution in [1.29, 1.82) is 0 Å². The van der Waals surface area contributed by atoms with Gasteiger partial charge in [-0.2, -0.15) is 0 Å². The number of hydrogen-bond donors (Lipinski definition) is 1. The van der Waals surface area contributed by atoms with Gasteiger partial charge in [0.2, 0.25) is 0 Å². The third kappa shape index (κ3) is 2.80. The minimum atomic E-state index is 0.113. The van der Waals surface area contributed by atoms with Gasteiger partial charge >= 0.3 is 6.03 Å². The first-order valence-electron chi connectivity index (χ1n) is 7.49. The first-order valence-corrected chi connectivity index (χ1v) is 7.49. The number of urea groups is 1. The molecule has 1 aromatic rings. The molecule has 1 unspecified atom stereocenters. The fourth-order valence-electron chi connectivity index (χ4n) is 2.75. The normalized spacial score (nSPS) is 20.0. The standard InChI is InChI=1S/C16H23N3O/c1-12(9-17-14-7-8-14)10-19-15-6-4-3-5-13(15)11-18(2)16(19)20/h3-6,12,14,17H,7-11H2,1-2H3. The van der Waals surface area contributed by atoms with E-state index in [9.17, 15) is 4.79 Å². The summed E-state index contributed by atoms with van der Waals surface area (Å²) >= 11 is 0. The molecule has 2 amide bonds. The summed E-state index contributed by atoms with van der Waals surface area (Å²) in [6.45, 7) is 4.68. The highest BCUT2D eigenvalue weighted by Gasteiger charge is 2.29. The molecule has 2 aliphatic rings. The molecule has 20 heavy (non-hydrogen) atoms. The second-order valence-electron chi connectivity index (χ2n) is 6.17. The first-order chi connectivity index (χ1) is 9.65. The zero-order valence-corrected chi connectivity index (χ0v) is 12.3. The van der Waals surface area contributed by atoms with Crippen molar-refractivity contribution in [3.05, 3.63) is 29.8 Å². The number of nitrogens with one attached hydrogen (secondary N) is 1. The Labute approximate surface area is 120 Å². The molecule has 1 atom stereocenters. The molecule has 108 valence electrons. The Morgan fingerprint density at radius 2 is 2.10 bits per heavy atom. The highest BCUT2D eigenvalue weighted by Crippen LogP contribution is 2.28. The molecule has 1 saturated carbocycles. The van der Waals surface area contributed by atoms with Crippen LogP contribution in [0.5, 0.6) is 0 Å². The third-order valence-corrected chi connectivity index (χ3v) is 4.07. The maximum absolute atomic E-state index is 12.4. The number of benzene rings is 1. The number of fused-ring (bicyclic) bond motifs is 1. The van der Waals surface area contributed by atoms with E-state index in [-0.39, 0.29) is 6.03 Å². The van der Waals surface area contributed by atoms with Gasteiger partial charge in [-0.15, -0.1) is 0 Å². The quantitative estimate of drug-likeness (QED) is 0.894. The van der Waals surface area contributed by atoms with Crippen LogP contribution < -0.4 is 10.2 Å². The van der Waals surface area contributed by atoms with Crippen LogP contribution in [0.3, 0.4) is 0 Å². The molecule has 0 bridgehead atoms. The molecule has 0 spiro atoms. The van der Waals surface area contributed by atoms with Crippen molar-refractivity contribution in [2.75, 3.05) is 25.0 Å². The zero-order valence-electron chi connectivity index (χ0n) is 12.3. The van der Waals surface area contributed by atoms with Gasteiger partial charge in [-0.1, -0.05) is 25.1 Å². The molecule has 1 N–H and O–H groups in total. The molecule has 1 aromatic carbocycles. The Bertz CT molecular complexity index is 498. The SMILES string of the molecule is CC(CNC1CC1)CN1C(=O)N(C)Cc2ccccc21. The topological polar surface area (TPSA) is 35.6 Å². The Balaban J connectivity index is 1.71. The van der Waals surface area contributed by atoms with Gasteiger partial charge < -0.3 is 10.2 Å². The van der Waals surface area contributed by atoms with Gasteiger partial charge in [0.05, 0.1) is 5.69 Å². The lowest BCUT2D eigenvalue weighted by Crippen LogP contribution is -2.47. The number of nitrogens with zero attached hydrogens (tertiary/aromatic N) is 2. The van der Waals surface area contributed by atoms with E-state index in [4.69, 9.17) is 0 Å². The molecule has 3 rings (SSSR count). The van der Waals surface area contributed by atoms with Gasteiger partial charge in [0.1, 0.15) is 0 Å². The van der Waals surface area contributed by atoms with Crippen molar-refractivity contribution in [3.63, 3.8) is 0 Å². The second-order valence-corrected chi connectivity index (χ2v) is 6.17. The van der Waals surface area contributed by atoms with E-state index in [1.807, 2.05) is 24.1 Å². The molecule has 0 radical (unpaired) electrons. The molecule has 4 nitrogen and oxygen atoms in total. The minimum Gasteiger partial charge on any atom is -0.323 e. The van der Waals surface area contributed by atoms with Gasteiger partial charge in [0.15, 0.2) is 0 Å². The van der Waals surface area contributed by atoms with Gasteiger partial charge in [0.25, 0.3) is 0 Å². The van der Waals surface area contributed by atoms with Crippen molar-refractivity contribution < 1.29 is 4.79 Å². The molecule has 0 saturated heterocycles. The maximum atomic E-state index is 12.4. The summed E-state index contributed by atoms with van der Waals surface area (Å²) in [5.74, 6) is 0.458. The number of carbonyl (C=O) groups is 1. The summed E-state index contributed by atoms with van der Waals surface area (Å²) in [6, 6.07) is 9.06. The molecule has 1 aliphatic carbocycles. The smallest absolute Gasteiger partial charge is 0.323 e. The van der Waals surface area contributed by atoms with Gasteiger partial charge in [-0.25, -0.2) is 4.79 Å². The number of anilines is 1. The van der Waals surface area contributed by atoms with Crippen LogP contribution in [0.25, 0.3) is 0 Å². The first kappa shape index (κ1) is 13.4. The summed E-state index contributed by atoms with van der Waals surface area (Å²) in [6.07, 6.45) is 2.61. The molecular weight excluding hydrogens is 250 g/mol. The molecular formula is C16H23N3O. The molecule has 0 aromatic heterocycles. The summed E-state index contributed by atoms with van der Waals surface area (Å²) in [7, 11) is 1.87. The van der Waals surface area contributed by atoms with Crippen LogP contribution in [0.2, 0.25) is 0 Å². The van der Waals surface area contributed by atoms with Crippen molar-refractivity contribution >= 4 is 11.7 Å². The Hall–Kier alpha value is -1.55. The molecule has 1 fully saturated rings. The van der Waals surface area contributed by atoms with E-state index in [1.165, 1.54) is 18.4 Å². The average molecular weight is 273 g/mol. The largest absolute Gasteiger partial charge is 0.324 e. The fraction of sp³-hybridized carbons (Fsp3) is 0.562. The monoisotopic (exact) mass is 273 g/mol. The van der Waals surface area contributed by atoms with Crippen LogP contribution in [-0.4, -0.2) is 37.1 Å². The van der Waals surface area contributed by atoms with Crippen LogP contribution in [0.4, 0.5) is 10.5 Å².